The van der Waals surface area contributed by atoms with Crippen LogP contribution in [0.25, 0.3) is 10.6 Å². The number of amides is 1. The molecule has 2 N–H and O–H groups in total. The topological polar surface area (TPSA) is 79.3 Å². The van der Waals surface area contributed by atoms with Crippen LogP contribution in [0.1, 0.15) is 25.7 Å². The summed E-state index contributed by atoms with van der Waals surface area (Å²) in [7, 11) is 0. The largest absolute Gasteiger partial charge is 0.481 e. The molecule has 0 spiro atoms. The molecule has 2 aromatic rings. The summed E-state index contributed by atoms with van der Waals surface area (Å²) < 4.78 is 0. The number of nitrogens with zero attached hydrogens (tertiary/aromatic N) is 1. The smallest absolute Gasteiger partial charge is 0.307 e. The third-order valence-electron chi connectivity index (χ3n) is 3.93. The summed E-state index contributed by atoms with van der Waals surface area (Å²) in [5.41, 5.74) is 0.841. The first-order valence-corrected chi connectivity index (χ1v) is 8.94. The molecule has 2 atom stereocenters. The second-order valence-electron chi connectivity index (χ2n) is 5.34. The summed E-state index contributed by atoms with van der Waals surface area (Å²) in [5, 5.41) is 16.5. The fourth-order valence-corrected chi connectivity index (χ4v) is 4.28. The Labute approximate surface area is 136 Å². The van der Waals surface area contributed by atoms with Crippen molar-refractivity contribution in [2.24, 2.45) is 11.8 Å². The summed E-state index contributed by atoms with van der Waals surface area (Å²) in [4.78, 5) is 29.1. The summed E-state index contributed by atoms with van der Waals surface area (Å²) in [5.74, 6) is -2.14. The van der Waals surface area contributed by atoms with Crippen molar-refractivity contribution in [2.45, 2.75) is 25.7 Å². The number of carbonyl (C=O) groups excluding carboxylic acids is 1. The van der Waals surface area contributed by atoms with Crippen LogP contribution in [0, 0.1) is 11.8 Å². The maximum atomic E-state index is 12.4. The monoisotopic (exact) mass is 336 g/mol. The van der Waals surface area contributed by atoms with E-state index in [1.807, 2.05) is 22.9 Å². The molecule has 7 heteroatoms. The van der Waals surface area contributed by atoms with E-state index < -0.39 is 17.8 Å². The molecule has 2 aromatic heterocycles. The van der Waals surface area contributed by atoms with Crippen molar-refractivity contribution in [1.82, 2.24) is 4.98 Å². The Bertz CT molecular complexity index is 666. The Morgan fingerprint density at radius 2 is 2.00 bits per heavy atom. The average molecular weight is 336 g/mol. The Kier molecular flexibility index (Phi) is 4.54. The van der Waals surface area contributed by atoms with Crippen LogP contribution in [0.2, 0.25) is 0 Å². The van der Waals surface area contributed by atoms with Crippen LogP contribution in [0.4, 0.5) is 5.13 Å². The molecule has 116 valence electrons. The highest BCUT2D eigenvalue weighted by Gasteiger charge is 2.35. The second kappa shape index (κ2) is 6.58. The number of hydrogen-bond donors (Lipinski definition) is 2. The van der Waals surface area contributed by atoms with Crippen LogP contribution in [0.3, 0.4) is 0 Å². The van der Waals surface area contributed by atoms with Crippen LogP contribution in [0.5, 0.6) is 0 Å². The lowest BCUT2D eigenvalue weighted by Gasteiger charge is -2.26. The average Bonchev–Trinajstić information content (AvgIpc) is 3.17. The number of thiophene rings is 1. The van der Waals surface area contributed by atoms with Gasteiger partial charge in [-0.3, -0.25) is 9.59 Å². The van der Waals surface area contributed by atoms with Crippen molar-refractivity contribution in [3.8, 4) is 10.6 Å². The molecule has 22 heavy (non-hydrogen) atoms. The Morgan fingerprint density at radius 1 is 1.23 bits per heavy atom. The molecule has 0 aliphatic heterocycles. The van der Waals surface area contributed by atoms with Crippen molar-refractivity contribution in [2.75, 3.05) is 5.32 Å². The highest BCUT2D eigenvalue weighted by Crippen LogP contribution is 2.33. The van der Waals surface area contributed by atoms with Crippen molar-refractivity contribution >= 4 is 39.7 Å². The molecule has 1 saturated carbocycles. The fraction of sp³-hybridized carbons (Fsp3) is 0.400. The third kappa shape index (κ3) is 3.20. The minimum absolute atomic E-state index is 0.223. The number of carbonyl (C=O) groups is 2. The minimum Gasteiger partial charge on any atom is -0.481 e. The van der Waals surface area contributed by atoms with Crippen molar-refractivity contribution < 1.29 is 14.7 Å². The van der Waals surface area contributed by atoms with Gasteiger partial charge in [0.2, 0.25) is 5.91 Å². The predicted octanol–water partition coefficient (Wildman–Crippen LogP) is 3.70. The minimum atomic E-state index is -0.877. The molecule has 5 nitrogen and oxygen atoms in total. The maximum absolute atomic E-state index is 12.4. The summed E-state index contributed by atoms with van der Waals surface area (Å²) in [6.07, 6.45) is 2.98. The lowest BCUT2D eigenvalue weighted by molar-refractivity contribution is -0.147. The normalized spacial score (nSPS) is 21.5. The Hall–Kier alpha value is -1.73. The van der Waals surface area contributed by atoms with Gasteiger partial charge >= 0.3 is 5.97 Å². The quantitative estimate of drug-likeness (QED) is 0.892. The fourth-order valence-electron chi connectivity index (χ4n) is 2.81. The van der Waals surface area contributed by atoms with Gasteiger partial charge in [-0.1, -0.05) is 18.9 Å². The zero-order valence-electron chi connectivity index (χ0n) is 11.8. The number of thiazole rings is 1. The lowest BCUT2D eigenvalue weighted by Crippen LogP contribution is -2.36. The van der Waals surface area contributed by atoms with Crippen LogP contribution in [0.15, 0.2) is 22.9 Å². The second-order valence-corrected chi connectivity index (χ2v) is 7.15. The summed E-state index contributed by atoms with van der Waals surface area (Å²) in [6.45, 7) is 0. The molecule has 0 aromatic carbocycles. The van der Waals surface area contributed by atoms with Crippen LogP contribution >= 0.6 is 22.7 Å². The first kappa shape index (κ1) is 15.2. The molecule has 0 unspecified atom stereocenters. The molecule has 1 aliphatic carbocycles. The number of rotatable bonds is 4. The van der Waals surface area contributed by atoms with E-state index in [4.69, 9.17) is 0 Å². The molecule has 1 aliphatic rings. The molecular weight excluding hydrogens is 320 g/mol. The molecule has 0 saturated heterocycles. The molecule has 0 bridgehead atoms. The number of anilines is 1. The van der Waals surface area contributed by atoms with E-state index in [1.165, 1.54) is 11.3 Å². The van der Waals surface area contributed by atoms with Crippen LogP contribution in [-0.4, -0.2) is 22.0 Å². The Morgan fingerprint density at radius 3 is 2.68 bits per heavy atom. The molecule has 2 heterocycles. The van der Waals surface area contributed by atoms with Gasteiger partial charge in [0.15, 0.2) is 5.13 Å². The van der Waals surface area contributed by atoms with Gasteiger partial charge in [0.1, 0.15) is 0 Å². The van der Waals surface area contributed by atoms with Gasteiger partial charge in [0.05, 0.1) is 22.4 Å². The highest BCUT2D eigenvalue weighted by molar-refractivity contribution is 7.16. The molecule has 1 fully saturated rings. The van der Waals surface area contributed by atoms with E-state index in [9.17, 15) is 14.7 Å². The first-order valence-electron chi connectivity index (χ1n) is 7.18. The van der Waals surface area contributed by atoms with Gasteiger partial charge in [0.25, 0.3) is 0 Å². The van der Waals surface area contributed by atoms with E-state index in [0.29, 0.717) is 18.0 Å². The number of aromatic nitrogens is 1. The lowest BCUT2D eigenvalue weighted by atomic mass is 9.79. The number of carboxylic acid groups (broad SMARTS) is 1. The number of carboxylic acids is 1. The van der Waals surface area contributed by atoms with E-state index in [0.717, 1.165) is 23.4 Å². The van der Waals surface area contributed by atoms with Crippen molar-refractivity contribution in [3.05, 3.63) is 22.9 Å². The summed E-state index contributed by atoms with van der Waals surface area (Å²) >= 11 is 2.96. The van der Waals surface area contributed by atoms with E-state index in [-0.39, 0.29) is 5.91 Å². The highest BCUT2D eigenvalue weighted by atomic mass is 32.1. The van der Waals surface area contributed by atoms with E-state index in [2.05, 4.69) is 10.3 Å². The zero-order valence-corrected chi connectivity index (χ0v) is 13.5. The van der Waals surface area contributed by atoms with Crippen LogP contribution < -0.4 is 5.32 Å². The standard InChI is InChI=1S/C15H16N2O3S2/c18-13(9-4-1-2-5-10(9)14(19)20)17-15-16-11(8-22-15)12-6-3-7-21-12/h3,6-10H,1-2,4-5H2,(H,19,20)(H,16,17,18)/t9-,10-/m0/s1. The number of nitrogens with one attached hydrogen (secondary N) is 1. The first-order chi connectivity index (χ1) is 10.6. The number of aliphatic carboxylic acids is 1. The summed E-state index contributed by atoms with van der Waals surface area (Å²) in [6, 6.07) is 3.93. The van der Waals surface area contributed by atoms with Gasteiger partial charge in [-0.2, -0.15) is 0 Å². The van der Waals surface area contributed by atoms with E-state index in [1.54, 1.807) is 11.3 Å². The Balaban J connectivity index is 1.70. The van der Waals surface area contributed by atoms with Gasteiger partial charge in [0, 0.05) is 5.38 Å². The SMILES string of the molecule is O=C(O)[C@H]1CCCC[C@@H]1C(=O)Nc1nc(-c2cccs2)cs1. The zero-order chi connectivity index (χ0) is 15.5. The van der Waals surface area contributed by atoms with Gasteiger partial charge in [-0.25, -0.2) is 4.98 Å². The van der Waals surface area contributed by atoms with E-state index >= 15 is 0 Å². The molecular formula is C15H16N2O3S2. The maximum Gasteiger partial charge on any atom is 0.307 e. The molecule has 0 radical (unpaired) electrons. The van der Waals surface area contributed by atoms with Crippen molar-refractivity contribution in [3.63, 3.8) is 0 Å². The molecule has 1 amide bonds. The van der Waals surface area contributed by atoms with Gasteiger partial charge in [-0.05, 0) is 24.3 Å². The van der Waals surface area contributed by atoms with Crippen molar-refractivity contribution in [1.29, 1.82) is 0 Å². The molecule has 3 rings (SSSR count). The van der Waals surface area contributed by atoms with Gasteiger partial charge < -0.3 is 10.4 Å². The van der Waals surface area contributed by atoms with Crippen LogP contribution in [-0.2, 0) is 9.59 Å². The van der Waals surface area contributed by atoms with Gasteiger partial charge in [-0.15, -0.1) is 22.7 Å². The number of hydrogen-bond acceptors (Lipinski definition) is 5. The third-order valence-corrected chi connectivity index (χ3v) is 5.58. The predicted molar refractivity (Wildman–Crippen MR) is 87.1 cm³/mol.